The zero-order valence-corrected chi connectivity index (χ0v) is 25.2. The van der Waals surface area contributed by atoms with Gasteiger partial charge >= 0.3 is 6.09 Å². The van der Waals surface area contributed by atoms with E-state index in [4.69, 9.17) is 4.74 Å². The molecule has 1 aromatic heterocycles. The van der Waals surface area contributed by atoms with Crippen LogP contribution in [-0.2, 0) is 37.2 Å². The maximum atomic E-state index is 14.0. The fourth-order valence-electron chi connectivity index (χ4n) is 5.56. The molecule has 0 spiro atoms. The lowest BCUT2D eigenvalue weighted by atomic mass is 10.0. The van der Waals surface area contributed by atoms with E-state index in [9.17, 15) is 23.6 Å². The van der Waals surface area contributed by atoms with Crippen LogP contribution in [0, 0.1) is 5.82 Å². The van der Waals surface area contributed by atoms with E-state index in [1.165, 1.54) is 28.2 Å². The molecule has 4 aromatic rings. The minimum Gasteiger partial charge on any atom is -0.444 e. The van der Waals surface area contributed by atoms with Crippen molar-refractivity contribution in [2.24, 2.45) is 0 Å². The molecule has 228 valence electrons. The van der Waals surface area contributed by atoms with Crippen molar-refractivity contribution < 1.29 is 23.5 Å². The van der Waals surface area contributed by atoms with E-state index < -0.39 is 17.6 Å². The molecule has 0 aliphatic heterocycles. The first kappa shape index (κ1) is 30.7. The molecular formula is C35H36FN3O5. The number of benzene rings is 3. The quantitative estimate of drug-likeness (QED) is 0.246. The van der Waals surface area contributed by atoms with Gasteiger partial charge in [0.25, 0.3) is 11.5 Å². The second-order valence-corrected chi connectivity index (χ2v) is 12.1. The first-order valence-electron chi connectivity index (χ1n) is 14.8. The average Bonchev–Trinajstić information content (AvgIpc) is 3.45. The Balaban J connectivity index is 1.48. The van der Waals surface area contributed by atoms with Crippen LogP contribution in [0.1, 0.15) is 70.2 Å². The van der Waals surface area contributed by atoms with E-state index in [1.807, 2.05) is 6.07 Å². The van der Waals surface area contributed by atoms with Crippen LogP contribution in [0.15, 0.2) is 71.5 Å². The monoisotopic (exact) mass is 597 g/mol. The lowest BCUT2D eigenvalue weighted by molar-refractivity contribution is 0.0215. The Labute approximate surface area is 255 Å². The van der Waals surface area contributed by atoms with Gasteiger partial charge in [0.15, 0.2) is 6.29 Å². The van der Waals surface area contributed by atoms with E-state index in [-0.39, 0.29) is 48.7 Å². The Kier molecular flexibility index (Phi) is 8.94. The maximum absolute atomic E-state index is 14.0. The Morgan fingerprint density at radius 1 is 1.00 bits per heavy atom. The highest BCUT2D eigenvalue weighted by Gasteiger charge is 2.25. The molecule has 9 heteroatoms. The number of aryl methyl sites for hydroxylation is 2. The number of ether oxygens (including phenoxy) is 1. The van der Waals surface area contributed by atoms with Gasteiger partial charge in [-0.05, 0) is 98.5 Å². The Morgan fingerprint density at radius 3 is 2.41 bits per heavy atom. The molecule has 0 bridgehead atoms. The third-order valence-electron chi connectivity index (χ3n) is 7.63. The van der Waals surface area contributed by atoms with Gasteiger partial charge in [-0.1, -0.05) is 30.3 Å². The highest BCUT2D eigenvalue weighted by Crippen LogP contribution is 2.28. The van der Waals surface area contributed by atoms with Crippen LogP contribution in [0.3, 0.4) is 0 Å². The summed E-state index contributed by atoms with van der Waals surface area (Å²) in [7, 11) is 0. The van der Waals surface area contributed by atoms with Crippen LogP contribution in [0.2, 0.25) is 0 Å². The first-order valence-corrected chi connectivity index (χ1v) is 14.8. The molecule has 0 atom stereocenters. The Bertz CT molecular complexity index is 1770. The predicted molar refractivity (Wildman–Crippen MR) is 166 cm³/mol. The van der Waals surface area contributed by atoms with Crippen LogP contribution in [0.25, 0.3) is 10.9 Å². The van der Waals surface area contributed by atoms with E-state index in [2.05, 4.69) is 17.4 Å². The Hall–Kier alpha value is -4.79. The minimum atomic E-state index is -0.761. The summed E-state index contributed by atoms with van der Waals surface area (Å²) in [6.07, 6.45) is 2.98. The van der Waals surface area contributed by atoms with Crippen LogP contribution >= 0.6 is 0 Å². The molecule has 0 fully saturated rings. The molecule has 1 heterocycles. The topological polar surface area (TPSA) is 97.7 Å². The molecule has 44 heavy (non-hydrogen) atoms. The second kappa shape index (κ2) is 12.8. The van der Waals surface area contributed by atoms with Gasteiger partial charge < -0.3 is 14.6 Å². The summed E-state index contributed by atoms with van der Waals surface area (Å²) in [6, 6.07) is 18.4. The van der Waals surface area contributed by atoms with Crippen molar-refractivity contribution in [3.63, 3.8) is 0 Å². The first-order chi connectivity index (χ1) is 21.0. The van der Waals surface area contributed by atoms with Crippen molar-refractivity contribution in [2.75, 3.05) is 6.54 Å². The third-order valence-corrected chi connectivity index (χ3v) is 7.63. The number of fused-ring (bicyclic) bond motifs is 2. The highest BCUT2D eigenvalue weighted by atomic mass is 19.1. The SMILES string of the molecule is CC(C)(C)OC(=O)N(Cc1ccc(F)cc1)Cc1cc2cc3c(cc2n(CCNC(=O)c2ccccc2C=O)c1=O)CCC3. The summed E-state index contributed by atoms with van der Waals surface area (Å²) in [5.74, 6) is -0.790. The number of halogens is 1. The second-order valence-electron chi connectivity index (χ2n) is 12.1. The van der Waals surface area contributed by atoms with E-state index in [0.29, 0.717) is 17.4 Å². The zero-order valence-electron chi connectivity index (χ0n) is 25.2. The number of pyridine rings is 1. The lowest BCUT2D eigenvalue weighted by Crippen LogP contribution is -2.38. The van der Waals surface area contributed by atoms with E-state index in [0.717, 1.165) is 30.2 Å². The van der Waals surface area contributed by atoms with Gasteiger partial charge in [0.05, 0.1) is 12.1 Å². The van der Waals surface area contributed by atoms with Gasteiger partial charge in [-0.3, -0.25) is 19.3 Å². The Morgan fingerprint density at radius 2 is 1.70 bits per heavy atom. The number of hydrogen-bond acceptors (Lipinski definition) is 5. The van der Waals surface area contributed by atoms with Crippen LogP contribution in [-0.4, -0.2) is 39.9 Å². The zero-order chi connectivity index (χ0) is 31.4. The van der Waals surface area contributed by atoms with Crippen molar-refractivity contribution in [3.8, 4) is 0 Å². The summed E-state index contributed by atoms with van der Waals surface area (Å²) in [5.41, 5.74) is 3.78. The molecule has 0 saturated carbocycles. The van der Waals surface area contributed by atoms with Gasteiger partial charge in [-0.25, -0.2) is 9.18 Å². The van der Waals surface area contributed by atoms with Crippen molar-refractivity contribution in [3.05, 3.63) is 116 Å². The number of carbonyl (C=O) groups excluding carboxylic acids is 3. The highest BCUT2D eigenvalue weighted by molar-refractivity contribution is 6.01. The number of rotatable bonds is 9. The number of aldehydes is 1. The number of carbonyl (C=O) groups is 3. The summed E-state index contributed by atoms with van der Waals surface area (Å²) in [5, 5.41) is 3.70. The number of nitrogens with zero attached hydrogens (tertiary/aromatic N) is 2. The fraction of sp³-hybridized carbons (Fsp3) is 0.314. The molecular weight excluding hydrogens is 561 g/mol. The number of amides is 2. The fourth-order valence-corrected chi connectivity index (χ4v) is 5.56. The van der Waals surface area contributed by atoms with Crippen LogP contribution in [0.5, 0.6) is 0 Å². The lowest BCUT2D eigenvalue weighted by Gasteiger charge is -2.28. The molecule has 0 unspecified atom stereocenters. The molecule has 0 radical (unpaired) electrons. The standard InChI is InChI=1S/C35H36FN3O5/c1-35(2,3)44-34(43)38(20-23-11-13-29(36)14-12-23)21-28-18-27-17-24-8-6-9-25(24)19-31(27)39(33(28)42)16-15-37-32(41)30-10-5-4-7-26(30)22-40/h4-5,7,10-14,17-19,22H,6,8-9,15-16,20-21H2,1-3H3,(H,37,41). The maximum Gasteiger partial charge on any atom is 0.410 e. The molecule has 2 amide bonds. The summed E-state index contributed by atoms with van der Waals surface area (Å²) in [6.45, 7) is 5.72. The average molecular weight is 598 g/mol. The number of nitrogens with one attached hydrogen (secondary N) is 1. The van der Waals surface area contributed by atoms with Gasteiger partial charge in [0.1, 0.15) is 11.4 Å². The van der Waals surface area contributed by atoms with Crippen molar-refractivity contribution >= 4 is 29.2 Å². The van der Waals surface area contributed by atoms with Gasteiger partial charge in [-0.15, -0.1) is 0 Å². The van der Waals surface area contributed by atoms with Crippen molar-refractivity contribution in [2.45, 2.75) is 65.3 Å². The van der Waals surface area contributed by atoms with Gasteiger partial charge in [0.2, 0.25) is 0 Å². The predicted octanol–water partition coefficient (Wildman–Crippen LogP) is 5.81. The smallest absolute Gasteiger partial charge is 0.410 e. The molecule has 0 saturated heterocycles. The van der Waals surface area contributed by atoms with Crippen LogP contribution < -0.4 is 10.9 Å². The molecule has 1 N–H and O–H groups in total. The molecule has 8 nitrogen and oxygen atoms in total. The third kappa shape index (κ3) is 7.05. The summed E-state index contributed by atoms with van der Waals surface area (Å²) in [4.78, 5) is 53.1. The number of hydrogen-bond donors (Lipinski definition) is 1. The van der Waals surface area contributed by atoms with Crippen LogP contribution in [0.4, 0.5) is 9.18 Å². The number of aromatic nitrogens is 1. The molecule has 1 aliphatic rings. The van der Waals surface area contributed by atoms with Gasteiger partial charge in [0, 0.05) is 36.3 Å². The molecule has 3 aromatic carbocycles. The molecule has 1 aliphatic carbocycles. The minimum absolute atomic E-state index is 0.0305. The van der Waals surface area contributed by atoms with E-state index >= 15 is 0 Å². The van der Waals surface area contributed by atoms with Gasteiger partial charge in [-0.2, -0.15) is 0 Å². The largest absolute Gasteiger partial charge is 0.444 e. The summed E-state index contributed by atoms with van der Waals surface area (Å²) >= 11 is 0. The van der Waals surface area contributed by atoms with Crippen molar-refractivity contribution in [1.29, 1.82) is 0 Å². The van der Waals surface area contributed by atoms with E-state index in [1.54, 1.807) is 61.7 Å². The molecule has 5 rings (SSSR count). The summed E-state index contributed by atoms with van der Waals surface area (Å²) < 4.78 is 20.9. The van der Waals surface area contributed by atoms with Crippen molar-refractivity contribution in [1.82, 2.24) is 14.8 Å². The normalized spacial score (nSPS) is 12.5.